The minimum absolute atomic E-state index is 0. The number of nitrogens with one attached hydrogen (secondary N) is 1. The van der Waals surface area contributed by atoms with Gasteiger partial charge in [0.2, 0.25) is 0 Å². The van der Waals surface area contributed by atoms with E-state index in [9.17, 15) is 14.7 Å². The zero-order valence-corrected chi connectivity index (χ0v) is 20.3. The topological polar surface area (TPSA) is 78.5 Å². The molecule has 0 aliphatic heterocycles. The predicted molar refractivity (Wildman–Crippen MR) is 131 cm³/mol. The van der Waals surface area contributed by atoms with Crippen molar-refractivity contribution in [1.29, 1.82) is 0 Å². The molecule has 0 spiro atoms. The van der Waals surface area contributed by atoms with Crippen molar-refractivity contribution >= 4 is 40.8 Å². The first-order valence-electron chi connectivity index (χ1n) is 10.3. The van der Waals surface area contributed by atoms with E-state index in [1.54, 1.807) is 6.07 Å². The molecular formula is C27H18Cl2LiNO4. The van der Waals surface area contributed by atoms with Gasteiger partial charge in [-0.2, -0.15) is 0 Å². The number of carbonyl (C=O) groups is 2. The van der Waals surface area contributed by atoms with Gasteiger partial charge in [0.05, 0.1) is 22.2 Å². The van der Waals surface area contributed by atoms with Gasteiger partial charge < -0.3 is 20.0 Å². The van der Waals surface area contributed by atoms with Crippen LogP contribution in [0.15, 0.2) is 91.0 Å². The molecule has 0 saturated heterocycles. The van der Waals surface area contributed by atoms with Gasteiger partial charge in [-0.05, 0) is 47.5 Å². The summed E-state index contributed by atoms with van der Waals surface area (Å²) in [5, 5.41) is 15.0. The molecule has 0 atom stereocenters. The average Bonchev–Trinajstić information content (AvgIpc) is 2.83. The van der Waals surface area contributed by atoms with Crippen LogP contribution in [0.4, 0.5) is 5.69 Å². The van der Waals surface area contributed by atoms with Crippen molar-refractivity contribution in [2.75, 3.05) is 5.32 Å². The third-order valence-corrected chi connectivity index (χ3v) is 5.65. The summed E-state index contributed by atoms with van der Waals surface area (Å²) < 4.78 is 6.00. The Kier molecular flexibility index (Phi) is 9.03. The second-order valence-corrected chi connectivity index (χ2v) is 8.24. The van der Waals surface area contributed by atoms with E-state index in [0.717, 1.165) is 5.56 Å². The number of aromatic carboxylic acids is 1. The maximum Gasteiger partial charge on any atom is 1.00 e. The molecule has 4 aromatic carbocycles. The van der Waals surface area contributed by atoms with Gasteiger partial charge in [-0.3, -0.25) is 4.79 Å². The van der Waals surface area contributed by atoms with Crippen molar-refractivity contribution in [1.82, 2.24) is 0 Å². The van der Waals surface area contributed by atoms with Gasteiger partial charge in [-0.15, -0.1) is 0 Å². The van der Waals surface area contributed by atoms with Crippen molar-refractivity contribution in [2.45, 2.75) is 6.61 Å². The molecule has 35 heavy (non-hydrogen) atoms. The van der Waals surface area contributed by atoms with Crippen LogP contribution >= 0.6 is 23.2 Å². The summed E-state index contributed by atoms with van der Waals surface area (Å²) in [7, 11) is 0. The molecule has 170 valence electrons. The van der Waals surface area contributed by atoms with Gasteiger partial charge in [0.1, 0.15) is 12.4 Å². The van der Waals surface area contributed by atoms with Gasteiger partial charge >= 0.3 is 18.9 Å². The molecule has 8 heteroatoms. The summed E-state index contributed by atoms with van der Waals surface area (Å²) in [5.74, 6) is -1.40. The van der Waals surface area contributed by atoms with E-state index in [0.29, 0.717) is 28.5 Å². The predicted octanol–water partition coefficient (Wildman–Crippen LogP) is 2.86. The SMILES string of the molecule is O=C(Nc1ccc(-c2ccccc2OCc2ccccc2)cc1C(=O)[O-])c1ccc(Cl)cc1Cl.[Li+]. The van der Waals surface area contributed by atoms with Gasteiger partial charge in [-0.1, -0.05) is 77.8 Å². The fourth-order valence-electron chi connectivity index (χ4n) is 3.42. The van der Waals surface area contributed by atoms with E-state index < -0.39 is 11.9 Å². The number of carboxylic acids is 1. The van der Waals surface area contributed by atoms with Gasteiger partial charge in [0.15, 0.2) is 0 Å². The number of halogens is 2. The van der Waals surface area contributed by atoms with Gasteiger partial charge in [0.25, 0.3) is 5.91 Å². The van der Waals surface area contributed by atoms with Crippen LogP contribution in [-0.2, 0) is 6.61 Å². The number of rotatable bonds is 7. The number of benzene rings is 4. The molecule has 1 amide bonds. The molecule has 0 unspecified atom stereocenters. The van der Waals surface area contributed by atoms with E-state index >= 15 is 0 Å². The van der Waals surface area contributed by atoms with Crippen molar-refractivity contribution in [3.8, 4) is 16.9 Å². The Hall–Kier alpha value is -3.20. The molecule has 0 saturated carbocycles. The molecule has 0 heterocycles. The van der Waals surface area contributed by atoms with Crippen molar-refractivity contribution in [2.24, 2.45) is 0 Å². The zero-order chi connectivity index (χ0) is 24.1. The maximum absolute atomic E-state index is 12.7. The van der Waals surface area contributed by atoms with E-state index in [1.807, 2.05) is 54.6 Å². The molecule has 0 bridgehead atoms. The Bertz CT molecular complexity index is 1360. The Labute approximate surface area is 224 Å². The molecule has 0 aliphatic carbocycles. The number of carbonyl (C=O) groups excluding carboxylic acids is 2. The summed E-state index contributed by atoms with van der Waals surface area (Å²) >= 11 is 12.0. The number of para-hydroxylation sites is 1. The monoisotopic (exact) mass is 497 g/mol. The Morgan fingerprint density at radius 1 is 0.829 bits per heavy atom. The summed E-state index contributed by atoms with van der Waals surface area (Å²) in [6, 6.07) is 26.1. The van der Waals surface area contributed by atoms with Crippen LogP contribution in [0, 0.1) is 0 Å². The smallest absolute Gasteiger partial charge is 0.545 e. The van der Waals surface area contributed by atoms with E-state index in [1.165, 1.54) is 30.3 Å². The molecule has 4 aromatic rings. The summed E-state index contributed by atoms with van der Waals surface area (Å²) in [4.78, 5) is 24.6. The van der Waals surface area contributed by atoms with E-state index in [2.05, 4.69) is 5.32 Å². The normalized spacial score (nSPS) is 10.2. The first-order valence-corrected chi connectivity index (χ1v) is 11.1. The first kappa shape index (κ1) is 26.4. The summed E-state index contributed by atoms with van der Waals surface area (Å²) in [6.07, 6.45) is 0. The van der Waals surface area contributed by atoms with Crippen molar-refractivity contribution in [3.05, 3.63) is 118 Å². The van der Waals surface area contributed by atoms with Gasteiger partial charge in [-0.25, -0.2) is 0 Å². The second kappa shape index (κ2) is 12.0. The van der Waals surface area contributed by atoms with Crippen LogP contribution in [-0.4, -0.2) is 11.9 Å². The Balaban J connectivity index is 0.00000342. The Morgan fingerprint density at radius 2 is 1.54 bits per heavy atom. The summed E-state index contributed by atoms with van der Waals surface area (Å²) in [6.45, 7) is 0.362. The number of amides is 1. The molecular weight excluding hydrogens is 480 g/mol. The zero-order valence-electron chi connectivity index (χ0n) is 18.8. The van der Waals surface area contributed by atoms with E-state index in [4.69, 9.17) is 27.9 Å². The molecule has 0 aliphatic rings. The molecule has 4 rings (SSSR count). The molecule has 0 fully saturated rings. The van der Waals surface area contributed by atoms with Crippen LogP contribution < -0.4 is 34.0 Å². The standard InChI is InChI=1S/C27H19Cl2NO4.Li/c28-19-11-12-21(23(29)15-19)26(31)30-24-13-10-18(14-22(24)27(32)33)20-8-4-5-9-25(20)34-16-17-6-2-1-3-7-17;/h1-15H,16H2,(H,30,31)(H,32,33);/q;+1/p-1. The quantitative estimate of drug-likeness (QED) is 0.398. The number of anilines is 1. The third kappa shape index (κ3) is 6.48. The summed E-state index contributed by atoms with van der Waals surface area (Å²) in [5.41, 5.74) is 2.40. The average molecular weight is 498 g/mol. The molecule has 5 nitrogen and oxygen atoms in total. The third-order valence-electron chi connectivity index (χ3n) is 5.10. The van der Waals surface area contributed by atoms with E-state index in [-0.39, 0.29) is 40.7 Å². The Morgan fingerprint density at radius 3 is 2.26 bits per heavy atom. The number of carboxylic acid groups (broad SMARTS) is 1. The maximum atomic E-state index is 12.7. The van der Waals surface area contributed by atoms with Gasteiger partial charge in [0, 0.05) is 16.1 Å². The van der Waals surface area contributed by atoms with Crippen LogP contribution in [0.5, 0.6) is 5.75 Å². The number of ether oxygens (including phenoxy) is 1. The largest absolute Gasteiger partial charge is 1.00 e. The minimum Gasteiger partial charge on any atom is -0.545 e. The molecule has 1 N–H and O–H groups in total. The van der Waals surface area contributed by atoms with Crippen LogP contribution in [0.3, 0.4) is 0 Å². The number of hydrogen-bond donors (Lipinski definition) is 1. The number of hydrogen-bond acceptors (Lipinski definition) is 4. The fourth-order valence-corrected chi connectivity index (χ4v) is 3.91. The second-order valence-electron chi connectivity index (χ2n) is 7.40. The molecule has 0 aromatic heterocycles. The van der Waals surface area contributed by atoms with Crippen LogP contribution in [0.1, 0.15) is 26.3 Å². The molecule has 0 radical (unpaired) electrons. The minimum atomic E-state index is -1.43. The van der Waals surface area contributed by atoms with Crippen molar-refractivity contribution in [3.63, 3.8) is 0 Å². The van der Waals surface area contributed by atoms with Crippen LogP contribution in [0.25, 0.3) is 11.1 Å². The van der Waals surface area contributed by atoms with Crippen LogP contribution in [0.2, 0.25) is 10.0 Å². The van der Waals surface area contributed by atoms with Crippen molar-refractivity contribution < 1.29 is 38.3 Å². The fraction of sp³-hybridized carbons (Fsp3) is 0.0370. The first-order chi connectivity index (χ1) is 16.4.